The summed E-state index contributed by atoms with van der Waals surface area (Å²) in [6.45, 7) is 8.40. The Balaban J connectivity index is 1.56. The second-order valence-electron chi connectivity index (χ2n) is 7.66. The molecule has 0 radical (unpaired) electrons. The first-order chi connectivity index (χ1) is 13.7. The van der Waals surface area contributed by atoms with Crippen molar-refractivity contribution < 1.29 is 0 Å². The van der Waals surface area contributed by atoms with Crippen LogP contribution in [0.2, 0.25) is 0 Å². The Labute approximate surface area is 169 Å². The summed E-state index contributed by atoms with van der Waals surface area (Å²) in [5, 5.41) is 2.21. The second kappa shape index (κ2) is 6.85. The SMILES string of the molecule is CCc1nc(N2CCCC2Cn2c(C)nc3ccccc32)c2scc(C)c2n1. The highest BCUT2D eigenvalue weighted by Gasteiger charge is 2.29. The monoisotopic (exact) mass is 391 g/mol. The van der Waals surface area contributed by atoms with Crippen molar-refractivity contribution in [2.45, 2.75) is 52.6 Å². The maximum absolute atomic E-state index is 4.98. The van der Waals surface area contributed by atoms with Gasteiger partial charge in [-0.25, -0.2) is 15.0 Å². The molecule has 1 fully saturated rings. The van der Waals surface area contributed by atoms with Gasteiger partial charge in [-0.15, -0.1) is 11.3 Å². The molecule has 1 aromatic carbocycles. The van der Waals surface area contributed by atoms with Gasteiger partial charge in [0.25, 0.3) is 0 Å². The van der Waals surface area contributed by atoms with E-state index in [0.29, 0.717) is 6.04 Å². The van der Waals surface area contributed by atoms with Crippen LogP contribution in [-0.2, 0) is 13.0 Å². The summed E-state index contributed by atoms with van der Waals surface area (Å²) in [7, 11) is 0. The summed E-state index contributed by atoms with van der Waals surface area (Å²) in [6, 6.07) is 8.87. The number of fused-ring (bicyclic) bond motifs is 2. The molecule has 144 valence electrons. The number of benzene rings is 1. The lowest BCUT2D eigenvalue weighted by molar-refractivity contribution is 0.548. The van der Waals surface area contributed by atoms with E-state index in [1.807, 2.05) is 0 Å². The first kappa shape index (κ1) is 17.6. The van der Waals surface area contributed by atoms with Crippen molar-refractivity contribution in [3.8, 4) is 0 Å². The fraction of sp³-hybridized carbons (Fsp3) is 0.409. The number of hydrogen-bond donors (Lipinski definition) is 0. The molecule has 0 spiro atoms. The second-order valence-corrected chi connectivity index (χ2v) is 8.54. The molecule has 28 heavy (non-hydrogen) atoms. The van der Waals surface area contributed by atoms with Gasteiger partial charge < -0.3 is 9.47 Å². The van der Waals surface area contributed by atoms with Crippen LogP contribution in [0.5, 0.6) is 0 Å². The highest BCUT2D eigenvalue weighted by Crippen LogP contribution is 2.36. The van der Waals surface area contributed by atoms with Crippen molar-refractivity contribution in [2.75, 3.05) is 11.4 Å². The number of anilines is 1. The molecule has 5 nitrogen and oxygen atoms in total. The molecule has 0 N–H and O–H groups in total. The Morgan fingerprint density at radius 3 is 2.86 bits per heavy atom. The molecule has 1 saturated heterocycles. The van der Waals surface area contributed by atoms with Crippen LogP contribution in [0.1, 0.15) is 37.0 Å². The number of imidazole rings is 1. The molecule has 0 saturated carbocycles. The van der Waals surface area contributed by atoms with Gasteiger partial charge in [-0.1, -0.05) is 19.1 Å². The first-order valence-electron chi connectivity index (χ1n) is 10.1. The van der Waals surface area contributed by atoms with E-state index in [9.17, 15) is 0 Å². The van der Waals surface area contributed by atoms with E-state index in [1.165, 1.54) is 28.6 Å². The lowest BCUT2D eigenvalue weighted by Gasteiger charge is -2.27. The lowest BCUT2D eigenvalue weighted by atomic mass is 10.2. The average molecular weight is 392 g/mol. The number of nitrogens with zero attached hydrogens (tertiary/aromatic N) is 5. The fourth-order valence-corrected chi connectivity index (χ4v) is 5.35. The Bertz CT molecular complexity index is 1160. The van der Waals surface area contributed by atoms with Crippen molar-refractivity contribution >= 4 is 38.4 Å². The minimum Gasteiger partial charge on any atom is -0.351 e. The topological polar surface area (TPSA) is 46.8 Å². The smallest absolute Gasteiger partial charge is 0.150 e. The molecule has 1 unspecified atom stereocenters. The first-order valence-corrected chi connectivity index (χ1v) is 11.0. The molecule has 5 rings (SSSR count). The molecular formula is C22H25N5S. The molecule has 0 amide bonds. The zero-order chi connectivity index (χ0) is 19.3. The largest absolute Gasteiger partial charge is 0.351 e. The third-order valence-corrected chi connectivity index (χ3v) is 6.91. The van der Waals surface area contributed by atoms with Crippen LogP contribution in [0.15, 0.2) is 29.6 Å². The Hall–Kier alpha value is -2.47. The molecule has 4 heterocycles. The van der Waals surface area contributed by atoms with Gasteiger partial charge >= 0.3 is 0 Å². The van der Waals surface area contributed by atoms with Gasteiger partial charge in [-0.05, 0) is 49.8 Å². The van der Waals surface area contributed by atoms with Crippen LogP contribution < -0.4 is 4.90 Å². The number of para-hydroxylation sites is 2. The minimum atomic E-state index is 0.432. The normalized spacial score (nSPS) is 17.2. The van der Waals surface area contributed by atoms with E-state index >= 15 is 0 Å². The Morgan fingerprint density at radius 2 is 2.00 bits per heavy atom. The Kier molecular flexibility index (Phi) is 4.31. The third-order valence-electron chi connectivity index (χ3n) is 5.83. The quantitative estimate of drug-likeness (QED) is 0.497. The van der Waals surface area contributed by atoms with E-state index in [2.05, 4.69) is 59.9 Å². The Morgan fingerprint density at radius 1 is 1.14 bits per heavy atom. The predicted octanol–water partition coefficient (Wildman–Crippen LogP) is 4.89. The van der Waals surface area contributed by atoms with E-state index in [0.717, 1.165) is 48.0 Å². The van der Waals surface area contributed by atoms with Crippen LogP contribution in [0.3, 0.4) is 0 Å². The molecule has 1 atom stereocenters. The number of thiophene rings is 1. The number of rotatable bonds is 4. The summed E-state index contributed by atoms with van der Waals surface area (Å²) in [5.74, 6) is 3.16. The highest BCUT2D eigenvalue weighted by molar-refractivity contribution is 7.18. The van der Waals surface area contributed by atoms with Crippen molar-refractivity contribution in [3.63, 3.8) is 0 Å². The van der Waals surface area contributed by atoms with Crippen LogP contribution in [-0.4, -0.2) is 32.1 Å². The van der Waals surface area contributed by atoms with E-state index in [1.54, 1.807) is 11.3 Å². The molecule has 1 aliphatic heterocycles. The molecule has 0 bridgehead atoms. The van der Waals surface area contributed by atoms with Crippen LogP contribution >= 0.6 is 11.3 Å². The van der Waals surface area contributed by atoms with Gasteiger partial charge in [-0.3, -0.25) is 0 Å². The number of hydrogen-bond acceptors (Lipinski definition) is 5. The maximum atomic E-state index is 4.98. The van der Waals surface area contributed by atoms with Crippen molar-refractivity contribution in [2.24, 2.45) is 0 Å². The van der Waals surface area contributed by atoms with Gasteiger partial charge in [-0.2, -0.15) is 0 Å². The highest BCUT2D eigenvalue weighted by atomic mass is 32.1. The predicted molar refractivity (Wildman–Crippen MR) is 116 cm³/mol. The number of aryl methyl sites for hydroxylation is 3. The van der Waals surface area contributed by atoms with Gasteiger partial charge in [0.1, 0.15) is 11.6 Å². The van der Waals surface area contributed by atoms with Gasteiger partial charge in [0.15, 0.2) is 5.82 Å². The van der Waals surface area contributed by atoms with Crippen molar-refractivity contribution in [3.05, 3.63) is 46.9 Å². The lowest BCUT2D eigenvalue weighted by Crippen LogP contribution is -2.34. The summed E-state index contributed by atoms with van der Waals surface area (Å²) < 4.78 is 3.60. The molecule has 6 heteroatoms. The zero-order valence-corrected chi connectivity index (χ0v) is 17.5. The summed E-state index contributed by atoms with van der Waals surface area (Å²) in [5.41, 5.74) is 4.68. The van der Waals surface area contributed by atoms with Crippen molar-refractivity contribution in [1.29, 1.82) is 0 Å². The van der Waals surface area contributed by atoms with E-state index < -0.39 is 0 Å². The fourth-order valence-electron chi connectivity index (χ4n) is 4.36. The zero-order valence-electron chi connectivity index (χ0n) is 16.6. The van der Waals surface area contributed by atoms with Gasteiger partial charge in [0.05, 0.1) is 21.3 Å². The van der Waals surface area contributed by atoms with Gasteiger partial charge in [0.2, 0.25) is 0 Å². The van der Waals surface area contributed by atoms with Crippen LogP contribution in [0, 0.1) is 13.8 Å². The number of aromatic nitrogens is 4. The summed E-state index contributed by atoms with van der Waals surface area (Å²) in [6.07, 6.45) is 3.25. The summed E-state index contributed by atoms with van der Waals surface area (Å²) in [4.78, 5) is 17.1. The van der Waals surface area contributed by atoms with E-state index in [4.69, 9.17) is 15.0 Å². The van der Waals surface area contributed by atoms with Crippen molar-refractivity contribution in [1.82, 2.24) is 19.5 Å². The van der Waals surface area contributed by atoms with Gasteiger partial charge in [0, 0.05) is 25.6 Å². The summed E-state index contributed by atoms with van der Waals surface area (Å²) >= 11 is 1.78. The molecular weight excluding hydrogens is 366 g/mol. The van der Waals surface area contributed by atoms with E-state index in [-0.39, 0.29) is 0 Å². The standard InChI is InChI=1S/C22H25N5S/c1-4-19-24-20-14(2)13-28-21(20)22(25-19)26-11-7-8-16(26)12-27-15(3)23-17-9-5-6-10-18(17)27/h5-6,9-10,13,16H,4,7-8,11-12H2,1-3H3. The molecule has 4 aromatic rings. The third kappa shape index (κ3) is 2.78. The average Bonchev–Trinajstić information content (AvgIpc) is 3.40. The molecule has 0 aliphatic carbocycles. The minimum absolute atomic E-state index is 0.432. The molecule has 1 aliphatic rings. The van der Waals surface area contributed by atoms with Crippen LogP contribution in [0.4, 0.5) is 5.82 Å². The molecule has 3 aromatic heterocycles. The van der Waals surface area contributed by atoms with Crippen LogP contribution in [0.25, 0.3) is 21.3 Å². The maximum Gasteiger partial charge on any atom is 0.150 e.